The number of aromatic nitrogens is 1. The molecule has 2 bridgehead atoms. The summed E-state index contributed by atoms with van der Waals surface area (Å²) in [4.78, 5) is 15.8. The highest BCUT2D eigenvalue weighted by Crippen LogP contribution is 2.45. The lowest BCUT2D eigenvalue weighted by Crippen LogP contribution is -2.25. The number of hydrogen-bond acceptors (Lipinski definition) is 5. The second-order valence-electron chi connectivity index (χ2n) is 5.18. The van der Waals surface area contributed by atoms with Crippen LogP contribution in [0.15, 0.2) is 5.38 Å². The number of fused-ring (bicyclic) bond motifs is 2. The first-order chi connectivity index (χ1) is 8.76. The molecule has 0 aliphatic heterocycles. The van der Waals surface area contributed by atoms with Crippen LogP contribution in [0.1, 0.15) is 43.1 Å². The van der Waals surface area contributed by atoms with Gasteiger partial charge in [-0.3, -0.25) is 0 Å². The third kappa shape index (κ3) is 2.23. The normalized spacial score (nSPS) is 29.5. The zero-order valence-corrected chi connectivity index (χ0v) is 11.3. The molecule has 1 aromatic heterocycles. The van der Waals surface area contributed by atoms with Gasteiger partial charge in [-0.05, 0) is 38.0 Å². The minimum absolute atomic E-state index is 0.324. The molecule has 2 aliphatic rings. The van der Waals surface area contributed by atoms with Crippen molar-refractivity contribution < 1.29 is 9.53 Å². The maximum Gasteiger partial charge on any atom is 0.357 e. The van der Waals surface area contributed by atoms with Gasteiger partial charge in [-0.2, -0.15) is 0 Å². The summed E-state index contributed by atoms with van der Waals surface area (Å²) >= 11 is 1.49. The van der Waals surface area contributed by atoms with Gasteiger partial charge in [-0.25, -0.2) is 9.78 Å². The predicted molar refractivity (Wildman–Crippen MR) is 70.9 cm³/mol. The fourth-order valence-corrected chi connectivity index (χ4v) is 3.96. The summed E-state index contributed by atoms with van der Waals surface area (Å²) in [6.45, 7) is 2.20. The lowest BCUT2D eigenvalue weighted by atomic mass is 9.96. The van der Waals surface area contributed by atoms with Gasteiger partial charge in [0, 0.05) is 11.4 Å². The molecule has 2 fully saturated rings. The molecule has 1 aromatic rings. The molecule has 4 nitrogen and oxygen atoms in total. The summed E-state index contributed by atoms with van der Waals surface area (Å²) in [7, 11) is 0. The van der Waals surface area contributed by atoms with Gasteiger partial charge in [0.15, 0.2) is 10.8 Å². The van der Waals surface area contributed by atoms with E-state index < -0.39 is 0 Å². The number of carbonyl (C=O) groups excluding carboxylic acids is 1. The molecular formula is C13H18N2O2S. The average Bonchev–Trinajstić information content (AvgIpc) is 3.04. The molecule has 1 N–H and O–H groups in total. The van der Waals surface area contributed by atoms with E-state index in [1.165, 1.54) is 37.0 Å². The standard InChI is InChI=1S/C13H18N2O2S/c1-2-17-12(16)11-7-18-13(15-11)14-10-6-8-3-4-9(10)5-8/h7-10H,2-6H2,1H3,(H,14,15). The van der Waals surface area contributed by atoms with E-state index in [9.17, 15) is 4.79 Å². The van der Waals surface area contributed by atoms with E-state index in [4.69, 9.17) is 4.74 Å². The first-order valence-electron chi connectivity index (χ1n) is 6.65. The quantitative estimate of drug-likeness (QED) is 0.851. The summed E-state index contributed by atoms with van der Waals surface area (Å²) in [6, 6.07) is 0.560. The second-order valence-corrected chi connectivity index (χ2v) is 6.04. The highest BCUT2D eigenvalue weighted by Gasteiger charge is 2.39. The Hall–Kier alpha value is -1.10. The van der Waals surface area contributed by atoms with E-state index in [0.717, 1.165) is 17.0 Å². The molecule has 1 heterocycles. The van der Waals surface area contributed by atoms with Crippen molar-refractivity contribution in [1.82, 2.24) is 4.98 Å². The first kappa shape index (κ1) is 12.0. The van der Waals surface area contributed by atoms with E-state index >= 15 is 0 Å². The van der Waals surface area contributed by atoms with Crippen LogP contribution in [-0.4, -0.2) is 23.6 Å². The largest absolute Gasteiger partial charge is 0.461 e. The molecule has 0 saturated heterocycles. The number of nitrogens with zero attached hydrogens (tertiary/aromatic N) is 1. The molecule has 98 valence electrons. The molecule has 3 rings (SSSR count). The second kappa shape index (κ2) is 4.88. The van der Waals surface area contributed by atoms with E-state index in [1.807, 2.05) is 0 Å². The monoisotopic (exact) mass is 266 g/mol. The topological polar surface area (TPSA) is 51.2 Å². The Morgan fingerprint density at radius 1 is 1.56 bits per heavy atom. The number of thiazole rings is 1. The predicted octanol–water partition coefficient (Wildman–Crippen LogP) is 2.92. The highest BCUT2D eigenvalue weighted by atomic mass is 32.1. The van der Waals surface area contributed by atoms with Crippen LogP contribution in [0, 0.1) is 11.8 Å². The molecule has 2 saturated carbocycles. The summed E-state index contributed by atoms with van der Waals surface area (Å²) in [5, 5.41) is 6.12. The molecule has 5 heteroatoms. The summed E-state index contributed by atoms with van der Waals surface area (Å²) in [6.07, 6.45) is 5.37. The summed E-state index contributed by atoms with van der Waals surface area (Å²) in [5.41, 5.74) is 0.424. The molecule has 0 amide bonds. The Balaban J connectivity index is 1.62. The van der Waals surface area contributed by atoms with Gasteiger partial charge in [0.25, 0.3) is 0 Å². The lowest BCUT2D eigenvalue weighted by molar-refractivity contribution is 0.0520. The lowest BCUT2D eigenvalue weighted by Gasteiger charge is -2.22. The molecular weight excluding hydrogens is 248 g/mol. The van der Waals surface area contributed by atoms with Crippen molar-refractivity contribution in [2.75, 3.05) is 11.9 Å². The van der Waals surface area contributed by atoms with E-state index in [-0.39, 0.29) is 5.97 Å². The Morgan fingerprint density at radius 2 is 2.44 bits per heavy atom. The van der Waals surface area contributed by atoms with Crippen molar-refractivity contribution in [2.24, 2.45) is 11.8 Å². The molecule has 3 unspecified atom stereocenters. The van der Waals surface area contributed by atoms with Crippen molar-refractivity contribution in [2.45, 2.75) is 38.6 Å². The van der Waals surface area contributed by atoms with Crippen LogP contribution in [0.3, 0.4) is 0 Å². The van der Waals surface area contributed by atoms with Gasteiger partial charge in [-0.15, -0.1) is 11.3 Å². The van der Waals surface area contributed by atoms with Crippen LogP contribution < -0.4 is 5.32 Å². The molecule has 18 heavy (non-hydrogen) atoms. The Labute approximate surface area is 111 Å². The van der Waals surface area contributed by atoms with Crippen molar-refractivity contribution in [1.29, 1.82) is 0 Å². The van der Waals surface area contributed by atoms with Crippen molar-refractivity contribution >= 4 is 22.4 Å². The summed E-state index contributed by atoms with van der Waals surface area (Å²) in [5.74, 6) is 1.40. The van der Waals surface area contributed by atoms with E-state index in [1.54, 1.807) is 12.3 Å². The third-order valence-electron chi connectivity index (χ3n) is 4.04. The van der Waals surface area contributed by atoms with Crippen LogP contribution in [0.4, 0.5) is 5.13 Å². The number of ether oxygens (including phenoxy) is 1. The molecule has 0 radical (unpaired) electrons. The Bertz CT molecular complexity index is 446. The average molecular weight is 266 g/mol. The maximum atomic E-state index is 11.5. The van der Waals surface area contributed by atoms with E-state index in [2.05, 4.69) is 10.3 Å². The Morgan fingerprint density at radius 3 is 3.11 bits per heavy atom. The van der Waals surface area contributed by atoms with Gasteiger partial charge in [0.2, 0.25) is 0 Å². The van der Waals surface area contributed by atoms with Crippen LogP contribution in [0.2, 0.25) is 0 Å². The van der Waals surface area contributed by atoms with Gasteiger partial charge in [0.1, 0.15) is 0 Å². The van der Waals surface area contributed by atoms with Gasteiger partial charge in [-0.1, -0.05) is 6.42 Å². The van der Waals surface area contributed by atoms with Crippen LogP contribution in [-0.2, 0) is 4.74 Å². The fraction of sp³-hybridized carbons (Fsp3) is 0.692. The zero-order valence-electron chi connectivity index (χ0n) is 10.5. The van der Waals surface area contributed by atoms with Crippen LogP contribution in [0.25, 0.3) is 0 Å². The number of rotatable bonds is 4. The molecule has 0 spiro atoms. The van der Waals surface area contributed by atoms with Crippen LogP contribution in [0.5, 0.6) is 0 Å². The van der Waals surface area contributed by atoms with Gasteiger partial charge in [0.05, 0.1) is 6.61 Å². The minimum atomic E-state index is -0.324. The molecule has 2 aliphatic carbocycles. The number of hydrogen-bond donors (Lipinski definition) is 1. The number of esters is 1. The smallest absolute Gasteiger partial charge is 0.357 e. The summed E-state index contributed by atoms with van der Waals surface area (Å²) < 4.78 is 4.94. The first-order valence-corrected chi connectivity index (χ1v) is 7.53. The fourth-order valence-electron chi connectivity index (χ4n) is 3.22. The Kier molecular flexibility index (Phi) is 3.24. The molecule has 0 aromatic carbocycles. The maximum absolute atomic E-state index is 11.5. The van der Waals surface area contributed by atoms with Gasteiger partial charge >= 0.3 is 5.97 Å². The minimum Gasteiger partial charge on any atom is -0.461 e. The SMILES string of the molecule is CCOC(=O)c1csc(NC2CC3CCC2C3)n1. The molecule has 3 atom stereocenters. The van der Waals surface area contributed by atoms with Crippen molar-refractivity contribution in [3.05, 3.63) is 11.1 Å². The number of anilines is 1. The third-order valence-corrected chi connectivity index (χ3v) is 4.81. The number of nitrogens with one attached hydrogen (secondary N) is 1. The van der Waals surface area contributed by atoms with Gasteiger partial charge < -0.3 is 10.1 Å². The number of carbonyl (C=O) groups is 1. The van der Waals surface area contributed by atoms with Crippen molar-refractivity contribution in [3.63, 3.8) is 0 Å². The van der Waals surface area contributed by atoms with Crippen LogP contribution >= 0.6 is 11.3 Å². The van der Waals surface area contributed by atoms with E-state index in [0.29, 0.717) is 18.3 Å². The van der Waals surface area contributed by atoms with Crippen molar-refractivity contribution in [3.8, 4) is 0 Å². The highest BCUT2D eigenvalue weighted by molar-refractivity contribution is 7.13. The zero-order chi connectivity index (χ0) is 12.5.